The third-order valence-corrected chi connectivity index (χ3v) is 1.16. The predicted octanol–water partition coefficient (Wildman–Crippen LogP) is 1.18. The lowest BCUT2D eigenvalue weighted by atomic mass is 10.3. The summed E-state index contributed by atoms with van der Waals surface area (Å²) in [7, 11) is 0. The molecule has 2 nitrogen and oxygen atoms in total. The number of hydrogen-bond donors (Lipinski definition) is 2. The molecule has 10 heavy (non-hydrogen) atoms. The summed E-state index contributed by atoms with van der Waals surface area (Å²) in [5.74, 6) is 0. The summed E-state index contributed by atoms with van der Waals surface area (Å²) in [5, 5.41) is 3.19. The van der Waals surface area contributed by atoms with Crippen LogP contribution in [0.15, 0.2) is 12.2 Å². The average Bonchev–Trinajstić information content (AvgIpc) is 1.87. The summed E-state index contributed by atoms with van der Waals surface area (Å²) in [6.45, 7) is 2.89. The first-order valence-electron chi connectivity index (χ1n) is 3.45. The van der Waals surface area contributed by atoms with Gasteiger partial charge >= 0.3 is 0 Å². The molecule has 0 saturated carbocycles. The second kappa shape index (κ2) is 6.55. The largest absolute Gasteiger partial charge is 0.376 e. The van der Waals surface area contributed by atoms with Crippen LogP contribution >= 0.6 is 12.2 Å². The number of nitrogens with one attached hydrogen (secondary N) is 1. The fourth-order valence-corrected chi connectivity index (χ4v) is 0.611. The third kappa shape index (κ3) is 7.43. The lowest BCUT2D eigenvalue weighted by Gasteiger charge is -1.96. The first-order valence-corrected chi connectivity index (χ1v) is 3.86. The van der Waals surface area contributed by atoms with Gasteiger partial charge in [0.2, 0.25) is 0 Å². The van der Waals surface area contributed by atoms with Crippen molar-refractivity contribution in [2.24, 2.45) is 5.73 Å². The van der Waals surface area contributed by atoms with Crippen molar-refractivity contribution in [1.82, 2.24) is 5.32 Å². The Balaban J connectivity index is 3.10. The van der Waals surface area contributed by atoms with E-state index in [1.807, 2.05) is 6.08 Å². The van der Waals surface area contributed by atoms with E-state index in [0.717, 1.165) is 13.0 Å². The van der Waals surface area contributed by atoms with E-state index < -0.39 is 0 Å². The summed E-state index contributed by atoms with van der Waals surface area (Å²) in [4.78, 5) is 0. The molecule has 0 fully saturated rings. The van der Waals surface area contributed by atoms with Gasteiger partial charge in [-0.1, -0.05) is 25.5 Å². The molecule has 0 radical (unpaired) electrons. The fourth-order valence-electron chi connectivity index (χ4n) is 0.527. The van der Waals surface area contributed by atoms with E-state index in [-0.39, 0.29) is 0 Å². The molecule has 0 aromatic heterocycles. The summed E-state index contributed by atoms with van der Waals surface area (Å²) < 4.78 is 0. The van der Waals surface area contributed by atoms with Crippen LogP contribution in [0, 0.1) is 0 Å². The van der Waals surface area contributed by atoms with Gasteiger partial charge in [0.15, 0.2) is 5.11 Å². The second-order valence-corrected chi connectivity index (χ2v) is 2.45. The molecule has 0 saturated heterocycles. The van der Waals surface area contributed by atoms with Gasteiger partial charge in [-0.05, 0) is 18.6 Å². The molecule has 0 heterocycles. The van der Waals surface area contributed by atoms with E-state index in [1.165, 1.54) is 6.42 Å². The number of hydrogen-bond acceptors (Lipinski definition) is 1. The highest BCUT2D eigenvalue weighted by molar-refractivity contribution is 7.80. The van der Waals surface area contributed by atoms with Crippen LogP contribution in [0.3, 0.4) is 0 Å². The fraction of sp³-hybridized carbons (Fsp3) is 0.571. The third-order valence-electron chi connectivity index (χ3n) is 1.02. The van der Waals surface area contributed by atoms with Crippen LogP contribution in [-0.2, 0) is 0 Å². The highest BCUT2D eigenvalue weighted by Gasteiger charge is 1.79. The van der Waals surface area contributed by atoms with E-state index in [1.54, 1.807) is 0 Å². The van der Waals surface area contributed by atoms with Gasteiger partial charge in [0.1, 0.15) is 0 Å². The van der Waals surface area contributed by atoms with Gasteiger partial charge < -0.3 is 11.1 Å². The zero-order valence-electron chi connectivity index (χ0n) is 6.26. The first-order chi connectivity index (χ1) is 4.77. The maximum Gasteiger partial charge on any atom is 0.163 e. The van der Waals surface area contributed by atoms with Gasteiger partial charge in [-0.3, -0.25) is 0 Å². The Morgan fingerprint density at radius 3 is 2.80 bits per heavy atom. The summed E-state index contributed by atoms with van der Waals surface area (Å²) in [6.07, 6.45) is 6.45. The summed E-state index contributed by atoms with van der Waals surface area (Å²) in [5.41, 5.74) is 5.19. The maximum atomic E-state index is 5.19. The second-order valence-electron chi connectivity index (χ2n) is 2.01. The van der Waals surface area contributed by atoms with Crippen molar-refractivity contribution in [3.8, 4) is 0 Å². The Bertz CT molecular complexity index is 121. The molecule has 0 aliphatic rings. The Hall–Kier alpha value is -0.570. The molecular formula is C7H14N2S. The summed E-state index contributed by atoms with van der Waals surface area (Å²) in [6, 6.07) is 0. The summed E-state index contributed by atoms with van der Waals surface area (Å²) >= 11 is 4.61. The van der Waals surface area contributed by atoms with Gasteiger partial charge in [0.25, 0.3) is 0 Å². The lowest BCUT2D eigenvalue weighted by molar-refractivity contribution is 0.946. The molecule has 0 atom stereocenters. The molecule has 0 aromatic carbocycles. The van der Waals surface area contributed by atoms with Crippen molar-refractivity contribution in [2.75, 3.05) is 6.54 Å². The van der Waals surface area contributed by atoms with E-state index in [4.69, 9.17) is 5.73 Å². The number of nitrogens with two attached hydrogens (primary N) is 1. The Labute approximate surface area is 67.5 Å². The van der Waals surface area contributed by atoms with Crippen LogP contribution in [0.25, 0.3) is 0 Å². The molecule has 0 spiro atoms. The van der Waals surface area contributed by atoms with Crippen LogP contribution in [0.1, 0.15) is 19.8 Å². The van der Waals surface area contributed by atoms with Crippen LogP contribution in [0.5, 0.6) is 0 Å². The zero-order valence-corrected chi connectivity index (χ0v) is 7.08. The van der Waals surface area contributed by atoms with Crippen molar-refractivity contribution in [3.63, 3.8) is 0 Å². The lowest BCUT2D eigenvalue weighted by Crippen LogP contribution is -2.28. The molecule has 3 heteroatoms. The van der Waals surface area contributed by atoms with Crippen molar-refractivity contribution in [3.05, 3.63) is 12.2 Å². The molecular weight excluding hydrogens is 144 g/mol. The minimum Gasteiger partial charge on any atom is -0.376 e. The van der Waals surface area contributed by atoms with Gasteiger partial charge in [-0.25, -0.2) is 0 Å². The smallest absolute Gasteiger partial charge is 0.163 e. The molecule has 0 aliphatic heterocycles. The van der Waals surface area contributed by atoms with Crippen LogP contribution in [0.4, 0.5) is 0 Å². The monoisotopic (exact) mass is 158 g/mol. The molecule has 0 rings (SSSR count). The molecule has 0 amide bonds. The molecule has 0 bridgehead atoms. The van der Waals surface area contributed by atoms with Gasteiger partial charge in [-0.2, -0.15) is 0 Å². The van der Waals surface area contributed by atoms with Crippen molar-refractivity contribution in [2.45, 2.75) is 19.8 Å². The zero-order chi connectivity index (χ0) is 7.82. The molecule has 58 valence electrons. The molecule has 3 N–H and O–H groups in total. The molecule has 0 aromatic rings. The average molecular weight is 158 g/mol. The minimum atomic E-state index is 0.362. The quantitative estimate of drug-likeness (QED) is 0.476. The SMILES string of the molecule is CCCC=CCNC(N)=S. The first kappa shape index (κ1) is 9.43. The van der Waals surface area contributed by atoms with Crippen molar-refractivity contribution < 1.29 is 0 Å². The van der Waals surface area contributed by atoms with E-state index >= 15 is 0 Å². The number of rotatable bonds is 4. The van der Waals surface area contributed by atoms with E-state index in [9.17, 15) is 0 Å². The Morgan fingerprint density at radius 2 is 2.30 bits per heavy atom. The van der Waals surface area contributed by atoms with Crippen LogP contribution in [-0.4, -0.2) is 11.7 Å². The Morgan fingerprint density at radius 1 is 1.60 bits per heavy atom. The molecule has 0 unspecified atom stereocenters. The maximum absolute atomic E-state index is 5.19. The number of allylic oxidation sites excluding steroid dienone is 1. The highest BCUT2D eigenvalue weighted by atomic mass is 32.1. The highest BCUT2D eigenvalue weighted by Crippen LogP contribution is 1.86. The number of unbranched alkanes of at least 4 members (excludes halogenated alkanes) is 1. The minimum absolute atomic E-state index is 0.362. The topological polar surface area (TPSA) is 38.0 Å². The normalized spacial score (nSPS) is 10.1. The van der Waals surface area contributed by atoms with Gasteiger partial charge in [0.05, 0.1) is 0 Å². The van der Waals surface area contributed by atoms with E-state index in [2.05, 4.69) is 30.5 Å². The Kier molecular flexibility index (Phi) is 6.18. The van der Waals surface area contributed by atoms with Crippen LogP contribution in [0.2, 0.25) is 0 Å². The van der Waals surface area contributed by atoms with Crippen molar-refractivity contribution in [1.29, 1.82) is 0 Å². The molecule has 0 aliphatic carbocycles. The standard InChI is InChI=1S/C7H14N2S/c1-2-3-4-5-6-9-7(8)10/h4-5H,2-3,6H2,1H3,(H3,8,9,10). The van der Waals surface area contributed by atoms with Gasteiger partial charge in [-0.15, -0.1) is 0 Å². The van der Waals surface area contributed by atoms with E-state index in [0.29, 0.717) is 5.11 Å². The predicted molar refractivity (Wildman–Crippen MR) is 48.8 cm³/mol. The van der Waals surface area contributed by atoms with Gasteiger partial charge in [0, 0.05) is 6.54 Å². The van der Waals surface area contributed by atoms with Crippen LogP contribution < -0.4 is 11.1 Å². The van der Waals surface area contributed by atoms with Crippen molar-refractivity contribution >= 4 is 17.3 Å². The number of thiocarbonyl (C=S) groups is 1.